The van der Waals surface area contributed by atoms with Gasteiger partial charge in [0.15, 0.2) is 6.10 Å². The standard InChI is InChI=1S/C61H108O6/c1-4-7-10-13-16-19-22-25-27-29-30-31-32-33-35-36-39-42-45-48-51-54-60(63)66-57-58(56-65-59(62)53-50-47-44-41-38-24-21-18-15-12-9-6-3)67-61(64)55-52-49-46-43-40-37-34-28-26-23-20-17-14-11-8-5-2/h18,20-23,25,28-30,34,58H,4-17,19,24,26-27,31-33,35-57H2,1-3H3/b21-18-,23-20-,25-22-,30-29-,34-28-. The zero-order chi connectivity index (χ0) is 48.6. The van der Waals surface area contributed by atoms with Crippen LogP contribution in [0.5, 0.6) is 0 Å². The summed E-state index contributed by atoms with van der Waals surface area (Å²) in [6, 6.07) is 0. The monoisotopic (exact) mass is 937 g/mol. The highest BCUT2D eigenvalue weighted by Gasteiger charge is 2.19. The van der Waals surface area contributed by atoms with Crippen LogP contribution in [0.1, 0.15) is 290 Å². The van der Waals surface area contributed by atoms with Crippen molar-refractivity contribution in [3.05, 3.63) is 60.8 Å². The first kappa shape index (κ1) is 64.1. The van der Waals surface area contributed by atoms with Crippen molar-refractivity contribution in [1.82, 2.24) is 0 Å². The lowest BCUT2D eigenvalue weighted by atomic mass is 10.1. The quantitative estimate of drug-likeness (QED) is 0.0262. The third-order valence-electron chi connectivity index (χ3n) is 12.5. The number of unbranched alkanes of at least 4 members (excludes halogenated alkanes) is 31. The van der Waals surface area contributed by atoms with Gasteiger partial charge in [0.1, 0.15) is 13.2 Å². The third-order valence-corrected chi connectivity index (χ3v) is 12.5. The van der Waals surface area contributed by atoms with Gasteiger partial charge in [0.05, 0.1) is 0 Å². The number of hydrogen-bond acceptors (Lipinski definition) is 6. The molecule has 6 heteroatoms. The summed E-state index contributed by atoms with van der Waals surface area (Å²) in [6.07, 6.45) is 69.2. The molecule has 388 valence electrons. The molecule has 0 aromatic carbocycles. The summed E-state index contributed by atoms with van der Waals surface area (Å²) in [7, 11) is 0. The second kappa shape index (κ2) is 55.7. The molecule has 0 saturated heterocycles. The van der Waals surface area contributed by atoms with Gasteiger partial charge in [-0.05, 0) is 109 Å². The molecule has 0 aliphatic heterocycles. The SMILES string of the molecule is CCCCC/C=C\CCCCCCCC(=O)OCC(COC(=O)CCCCCCCCCCC/C=C\C/C=C\CCCCCCC)OC(=O)CCCCCCC/C=C\C/C=C\CCCCCC. The van der Waals surface area contributed by atoms with E-state index in [1.54, 1.807) is 0 Å². The summed E-state index contributed by atoms with van der Waals surface area (Å²) in [5.74, 6) is -0.902. The van der Waals surface area contributed by atoms with Crippen molar-refractivity contribution in [2.45, 2.75) is 297 Å². The first-order chi connectivity index (χ1) is 33.0. The van der Waals surface area contributed by atoms with Crippen molar-refractivity contribution in [2.24, 2.45) is 0 Å². The Hall–Kier alpha value is -2.89. The zero-order valence-corrected chi connectivity index (χ0v) is 44.4. The summed E-state index contributed by atoms with van der Waals surface area (Å²) in [5, 5.41) is 0. The summed E-state index contributed by atoms with van der Waals surface area (Å²) in [4.78, 5) is 38.1. The van der Waals surface area contributed by atoms with E-state index in [-0.39, 0.29) is 31.1 Å². The van der Waals surface area contributed by atoms with E-state index >= 15 is 0 Å². The maximum Gasteiger partial charge on any atom is 0.306 e. The Morgan fingerprint density at radius 1 is 0.299 bits per heavy atom. The summed E-state index contributed by atoms with van der Waals surface area (Å²) in [6.45, 7) is 6.58. The molecule has 0 saturated carbocycles. The maximum atomic E-state index is 12.8. The van der Waals surface area contributed by atoms with E-state index in [9.17, 15) is 14.4 Å². The molecule has 0 aromatic heterocycles. The van der Waals surface area contributed by atoms with Crippen LogP contribution >= 0.6 is 0 Å². The molecule has 0 N–H and O–H groups in total. The minimum Gasteiger partial charge on any atom is -0.462 e. The second-order valence-corrected chi connectivity index (χ2v) is 19.2. The number of esters is 3. The molecule has 6 nitrogen and oxygen atoms in total. The molecule has 0 spiro atoms. The van der Waals surface area contributed by atoms with Crippen LogP contribution < -0.4 is 0 Å². The smallest absolute Gasteiger partial charge is 0.306 e. The summed E-state index contributed by atoms with van der Waals surface area (Å²) in [5.41, 5.74) is 0. The number of ether oxygens (including phenoxy) is 3. The molecule has 1 atom stereocenters. The van der Waals surface area contributed by atoms with Crippen LogP contribution in [0.3, 0.4) is 0 Å². The van der Waals surface area contributed by atoms with E-state index in [0.29, 0.717) is 19.3 Å². The first-order valence-corrected chi connectivity index (χ1v) is 28.8. The normalized spacial score (nSPS) is 12.5. The van der Waals surface area contributed by atoms with Crippen LogP contribution in [-0.4, -0.2) is 37.2 Å². The number of hydrogen-bond donors (Lipinski definition) is 0. The maximum absolute atomic E-state index is 12.8. The molecule has 0 bridgehead atoms. The van der Waals surface area contributed by atoms with Crippen molar-refractivity contribution in [2.75, 3.05) is 13.2 Å². The average Bonchev–Trinajstić information content (AvgIpc) is 3.33. The van der Waals surface area contributed by atoms with Gasteiger partial charge in [0.2, 0.25) is 0 Å². The Kier molecular flexibility index (Phi) is 53.3. The molecular weight excluding hydrogens is 829 g/mol. The lowest BCUT2D eigenvalue weighted by Gasteiger charge is -2.18. The van der Waals surface area contributed by atoms with Gasteiger partial charge < -0.3 is 14.2 Å². The van der Waals surface area contributed by atoms with Crippen molar-refractivity contribution in [1.29, 1.82) is 0 Å². The van der Waals surface area contributed by atoms with E-state index in [4.69, 9.17) is 14.2 Å². The van der Waals surface area contributed by atoms with Crippen molar-refractivity contribution in [3.63, 3.8) is 0 Å². The fourth-order valence-corrected chi connectivity index (χ4v) is 8.09. The molecule has 0 aliphatic rings. The van der Waals surface area contributed by atoms with Crippen LogP contribution in [0.2, 0.25) is 0 Å². The van der Waals surface area contributed by atoms with E-state index in [1.165, 1.54) is 154 Å². The van der Waals surface area contributed by atoms with Gasteiger partial charge in [0, 0.05) is 19.3 Å². The molecule has 0 rings (SSSR count). The van der Waals surface area contributed by atoms with Gasteiger partial charge in [-0.1, -0.05) is 223 Å². The molecule has 0 amide bonds. The highest BCUT2D eigenvalue weighted by molar-refractivity contribution is 5.71. The van der Waals surface area contributed by atoms with Crippen LogP contribution in [0, 0.1) is 0 Å². The molecule has 0 radical (unpaired) electrons. The predicted octanol–water partition coefficient (Wildman–Crippen LogP) is 19.2. The van der Waals surface area contributed by atoms with E-state index in [0.717, 1.165) is 96.3 Å². The molecule has 67 heavy (non-hydrogen) atoms. The lowest BCUT2D eigenvalue weighted by Crippen LogP contribution is -2.30. The molecule has 0 heterocycles. The lowest BCUT2D eigenvalue weighted by molar-refractivity contribution is -0.167. The van der Waals surface area contributed by atoms with Gasteiger partial charge in [0.25, 0.3) is 0 Å². The van der Waals surface area contributed by atoms with Crippen LogP contribution in [0.25, 0.3) is 0 Å². The number of carbonyl (C=O) groups excluding carboxylic acids is 3. The minimum absolute atomic E-state index is 0.0841. The zero-order valence-electron chi connectivity index (χ0n) is 44.4. The minimum atomic E-state index is -0.786. The number of carbonyl (C=O) groups is 3. The molecule has 0 fully saturated rings. The van der Waals surface area contributed by atoms with Crippen LogP contribution in [0.4, 0.5) is 0 Å². The Labute approximate surface area is 415 Å². The molecular formula is C61H108O6. The van der Waals surface area contributed by atoms with Crippen molar-refractivity contribution < 1.29 is 28.6 Å². The average molecular weight is 938 g/mol. The van der Waals surface area contributed by atoms with Gasteiger partial charge in [-0.3, -0.25) is 14.4 Å². The van der Waals surface area contributed by atoms with Gasteiger partial charge in [-0.15, -0.1) is 0 Å². The van der Waals surface area contributed by atoms with Crippen molar-refractivity contribution >= 4 is 17.9 Å². The fraction of sp³-hybridized carbons (Fsp3) is 0.787. The molecule has 1 unspecified atom stereocenters. The van der Waals surface area contributed by atoms with Crippen molar-refractivity contribution in [3.8, 4) is 0 Å². The van der Waals surface area contributed by atoms with E-state index < -0.39 is 6.10 Å². The first-order valence-electron chi connectivity index (χ1n) is 28.8. The largest absolute Gasteiger partial charge is 0.462 e. The highest BCUT2D eigenvalue weighted by Crippen LogP contribution is 2.15. The second-order valence-electron chi connectivity index (χ2n) is 19.2. The van der Waals surface area contributed by atoms with E-state index in [1.807, 2.05) is 0 Å². The molecule has 0 aromatic rings. The van der Waals surface area contributed by atoms with Crippen LogP contribution in [0.15, 0.2) is 60.8 Å². The number of rotatable bonds is 52. The highest BCUT2D eigenvalue weighted by atomic mass is 16.6. The van der Waals surface area contributed by atoms with E-state index in [2.05, 4.69) is 81.5 Å². The molecule has 0 aliphatic carbocycles. The van der Waals surface area contributed by atoms with Gasteiger partial charge >= 0.3 is 17.9 Å². The number of allylic oxidation sites excluding steroid dienone is 10. The Morgan fingerprint density at radius 2 is 0.537 bits per heavy atom. The van der Waals surface area contributed by atoms with Crippen LogP contribution in [-0.2, 0) is 28.6 Å². The predicted molar refractivity (Wildman–Crippen MR) is 288 cm³/mol. The van der Waals surface area contributed by atoms with Gasteiger partial charge in [-0.2, -0.15) is 0 Å². The summed E-state index contributed by atoms with van der Waals surface area (Å²) >= 11 is 0. The topological polar surface area (TPSA) is 78.9 Å². The Morgan fingerprint density at radius 3 is 0.881 bits per heavy atom. The third kappa shape index (κ3) is 53.9. The Bertz CT molecular complexity index is 1210. The Balaban J connectivity index is 4.35. The van der Waals surface area contributed by atoms with Gasteiger partial charge in [-0.25, -0.2) is 0 Å². The fourth-order valence-electron chi connectivity index (χ4n) is 8.09. The summed E-state index contributed by atoms with van der Waals surface area (Å²) < 4.78 is 16.8.